The van der Waals surface area contributed by atoms with Crippen molar-refractivity contribution in [3.8, 4) is 0 Å². The van der Waals surface area contributed by atoms with Crippen LogP contribution < -0.4 is 10.6 Å². The Labute approximate surface area is 73.9 Å². The lowest BCUT2D eigenvalue weighted by molar-refractivity contribution is 0.00848. The Bertz CT molecular complexity index is 147. The van der Waals surface area contributed by atoms with Crippen LogP contribution in [0.25, 0.3) is 0 Å². The van der Waals surface area contributed by atoms with E-state index in [1.807, 2.05) is 0 Å². The molecule has 70 valence electrons. The second-order valence-corrected chi connectivity index (χ2v) is 3.82. The van der Waals surface area contributed by atoms with Crippen LogP contribution in [0.1, 0.15) is 19.8 Å². The highest BCUT2D eigenvalue weighted by atomic mass is 16.5. The Morgan fingerprint density at radius 1 is 1.50 bits per heavy atom. The van der Waals surface area contributed by atoms with E-state index in [1.54, 1.807) is 0 Å². The molecule has 1 heterocycles. The molecule has 3 nitrogen and oxygen atoms in total. The maximum atomic E-state index is 5.54. The Hall–Kier alpha value is -0.120. The zero-order valence-corrected chi connectivity index (χ0v) is 7.68. The fraction of sp³-hybridized carbons (Fsp3) is 1.00. The summed E-state index contributed by atoms with van der Waals surface area (Å²) >= 11 is 0. The molecule has 2 rings (SSSR count). The first-order valence-electron chi connectivity index (χ1n) is 4.94. The molecule has 0 aromatic carbocycles. The molecule has 0 amide bonds. The number of ether oxygens (including phenoxy) is 1. The predicted octanol–water partition coefficient (Wildman–Crippen LogP) is 0.115. The molecule has 2 N–H and O–H groups in total. The highest BCUT2D eigenvalue weighted by Crippen LogP contribution is 2.18. The van der Waals surface area contributed by atoms with Crippen molar-refractivity contribution in [3.63, 3.8) is 0 Å². The van der Waals surface area contributed by atoms with Crippen molar-refractivity contribution in [2.45, 2.75) is 38.0 Å². The van der Waals surface area contributed by atoms with Gasteiger partial charge in [-0.05, 0) is 19.8 Å². The zero-order valence-electron chi connectivity index (χ0n) is 7.68. The van der Waals surface area contributed by atoms with Crippen molar-refractivity contribution in [1.82, 2.24) is 10.6 Å². The molecule has 1 saturated heterocycles. The average molecular weight is 170 g/mol. The maximum absolute atomic E-state index is 5.54. The summed E-state index contributed by atoms with van der Waals surface area (Å²) in [5, 5.41) is 6.98. The number of nitrogens with one attached hydrogen (secondary N) is 2. The van der Waals surface area contributed by atoms with Gasteiger partial charge in [-0.3, -0.25) is 0 Å². The van der Waals surface area contributed by atoms with Gasteiger partial charge in [0.1, 0.15) is 0 Å². The number of hydrogen-bond acceptors (Lipinski definition) is 3. The Morgan fingerprint density at radius 2 is 2.33 bits per heavy atom. The van der Waals surface area contributed by atoms with Gasteiger partial charge < -0.3 is 15.4 Å². The summed E-state index contributed by atoms with van der Waals surface area (Å²) in [5.74, 6) is 0. The number of hydrogen-bond donors (Lipinski definition) is 2. The molecule has 2 fully saturated rings. The van der Waals surface area contributed by atoms with E-state index in [9.17, 15) is 0 Å². The molecular weight excluding hydrogens is 152 g/mol. The van der Waals surface area contributed by atoms with Crippen LogP contribution in [0.2, 0.25) is 0 Å². The molecule has 0 aromatic rings. The molecule has 1 saturated carbocycles. The van der Waals surface area contributed by atoms with Gasteiger partial charge >= 0.3 is 0 Å². The van der Waals surface area contributed by atoms with Crippen molar-refractivity contribution in [2.24, 2.45) is 0 Å². The van der Waals surface area contributed by atoms with Crippen LogP contribution in [-0.4, -0.2) is 37.9 Å². The van der Waals surface area contributed by atoms with Crippen LogP contribution in [0.15, 0.2) is 0 Å². The molecule has 12 heavy (non-hydrogen) atoms. The summed E-state index contributed by atoms with van der Waals surface area (Å²) in [7, 11) is 0. The minimum Gasteiger partial charge on any atom is -0.376 e. The molecule has 3 heteroatoms. The molecule has 1 aliphatic heterocycles. The third-order valence-electron chi connectivity index (χ3n) is 2.66. The van der Waals surface area contributed by atoms with Crippen molar-refractivity contribution in [1.29, 1.82) is 0 Å². The SMILES string of the molecule is CC1OCCNC1CNC1CC1. The maximum Gasteiger partial charge on any atom is 0.0713 e. The monoisotopic (exact) mass is 170 g/mol. The molecule has 2 unspecified atom stereocenters. The summed E-state index contributed by atoms with van der Waals surface area (Å²) in [5.41, 5.74) is 0. The first-order valence-corrected chi connectivity index (χ1v) is 4.94. The van der Waals surface area contributed by atoms with Crippen LogP contribution >= 0.6 is 0 Å². The van der Waals surface area contributed by atoms with Crippen LogP contribution in [-0.2, 0) is 4.74 Å². The molecule has 2 aliphatic rings. The third kappa shape index (κ3) is 2.19. The van der Waals surface area contributed by atoms with Crippen LogP contribution in [0.4, 0.5) is 0 Å². The lowest BCUT2D eigenvalue weighted by atomic mass is 10.1. The van der Waals surface area contributed by atoms with Gasteiger partial charge in [-0.1, -0.05) is 0 Å². The zero-order chi connectivity index (χ0) is 8.39. The summed E-state index contributed by atoms with van der Waals surface area (Å²) < 4.78 is 5.54. The minimum absolute atomic E-state index is 0.366. The van der Waals surface area contributed by atoms with E-state index in [2.05, 4.69) is 17.6 Å². The minimum atomic E-state index is 0.366. The highest BCUT2D eigenvalue weighted by Gasteiger charge is 2.25. The lowest BCUT2D eigenvalue weighted by Crippen LogP contribution is -2.52. The summed E-state index contributed by atoms with van der Waals surface area (Å²) in [6.07, 6.45) is 3.09. The lowest BCUT2D eigenvalue weighted by Gasteiger charge is -2.30. The van der Waals surface area contributed by atoms with Crippen molar-refractivity contribution >= 4 is 0 Å². The van der Waals surface area contributed by atoms with Crippen molar-refractivity contribution in [3.05, 3.63) is 0 Å². The first-order chi connectivity index (χ1) is 5.86. The molecule has 1 aliphatic carbocycles. The van der Waals surface area contributed by atoms with Crippen LogP contribution in [0, 0.1) is 0 Å². The van der Waals surface area contributed by atoms with Gasteiger partial charge in [0.05, 0.1) is 12.7 Å². The molecule has 0 bridgehead atoms. The van der Waals surface area contributed by atoms with Crippen molar-refractivity contribution in [2.75, 3.05) is 19.7 Å². The number of rotatable bonds is 3. The molecule has 0 radical (unpaired) electrons. The van der Waals surface area contributed by atoms with Gasteiger partial charge in [0.2, 0.25) is 0 Å². The fourth-order valence-electron chi connectivity index (χ4n) is 1.59. The first kappa shape index (κ1) is 8.48. The van der Waals surface area contributed by atoms with E-state index in [0.29, 0.717) is 12.1 Å². The third-order valence-corrected chi connectivity index (χ3v) is 2.66. The van der Waals surface area contributed by atoms with E-state index in [0.717, 1.165) is 25.7 Å². The highest BCUT2D eigenvalue weighted by molar-refractivity contribution is 4.86. The molecule has 0 spiro atoms. The summed E-state index contributed by atoms with van der Waals surface area (Å²) in [6, 6.07) is 1.32. The van der Waals surface area contributed by atoms with Crippen LogP contribution in [0.3, 0.4) is 0 Å². The summed E-state index contributed by atoms with van der Waals surface area (Å²) in [6.45, 7) is 5.07. The topological polar surface area (TPSA) is 33.3 Å². The van der Waals surface area contributed by atoms with Gasteiger partial charge in [0, 0.05) is 25.2 Å². The standard InChI is InChI=1S/C9H18N2O/c1-7-9(10-4-5-12-7)6-11-8-2-3-8/h7-11H,2-6H2,1H3. The normalized spacial score (nSPS) is 36.8. The Kier molecular flexibility index (Phi) is 2.63. The Morgan fingerprint density at radius 3 is 3.00 bits per heavy atom. The predicted molar refractivity (Wildman–Crippen MR) is 48.2 cm³/mol. The molecule has 2 atom stereocenters. The average Bonchev–Trinajstić information content (AvgIpc) is 2.86. The van der Waals surface area contributed by atoms with Gasteiger partial charge in [-0.25, -0.2) is 0 Å². The van der Waals surface area contributed by atoms with Gasteiger partial charge in [0.15, 0.2) is 0 Å². The quantitative estimate of drug-likeness (QED) is 0.631. The van der Waals surface area contributed by atoms with Crippen LogP contribution in [0.5, 0.6) is 0 Å². The second kappa shape index (κ2) is 3.73. The second-order valence-electron chi connectivity index (χ2n) is 3.82. The Balaban J connectivity index is 1.68. The van der Waals surface area contributed by atoms with E-state index >= 15 is 0 Å². The van der Waals surface area contributed by atoms with E-state index in [4.69, 9.17) is 4.74 Å². The largest absolute Gasteiger partial charge is 0.376 e. The van der Waals surface area contributed by atoms with Crippen molar-refractivity contribution < 1.29 is 4.74 Å². The van der Waals surface area contributed by atoms with E-state index in [1.165, 1.54) is 12.8 Å². The van der Waals surface area contributed by atoms with Gasteiger partial charge in [0.25, 0.3) is 0 Å². The van der Waals surface area contributed by atoms with Gasteiger partial charge in [-0.15, -0.1) is 0 Å². The molecular formula is C9H18N2O. The number of morpholine rings is 1. The van der Waals surface area contributed by atoms with Gasteiger partial charge in [-0.2, -0.15) is 0 Å². The molecule has 0 aromatic heterocycles. The fourth-order valence-corrected chi connectivity index (χ4v) is 1.59. The van der Waals surface area contributed by atoms with E-state index < -0.39 is 0 Å². The van der Waals surface area contributed by atoms with E-state index in [-0.39, 0.29) is 0 Å². The summed E-state index contributed by atoms with van der Waals surface area (Å²) in [4.78, 5) is 0. The smallest absolute Gasteiger partial charge is 0.0713 e.